The predicted octanol–water partition coefficient (Wildman–Crippen LogP) is -0.263. The quantitative estimate of drug-likeness (QED) is 0.696. The summed E-state index contributed by atoms with van der Waals surface area (Å²) in [4.78, 5) is 11.1. The van der Waals surface area contributed by atoms with E-state index in [2.05, 4.69) is 15.6 Å². The molecule has 0 aromatic carbocycles. The Labute approximate surface area is 82.5 Å². The average molecular weight is 197 g/mol. The van der Waals surface area contributed by atoms with Crippen molar-refractivity contribution in [1.29, 1.82) is 0 Å². The Balaban J connectivity index is 2.75. The summed E-state index contributed by atoms with van der Waals surface area (Å²) in [5.41, 5.74) is 5.25. The third kappa shape index (κ3) is 2.21. The number of hydrogen-bond acceptors (Lipinski definition) is 4. The molecule has 0 aliphatic carbocycles. The Hall–Kier alpha value is -1.59. The first-order valence-corrected chi connectivity index (χ1v) is 4.43. The van der Waals surface area contributed by atoms with Gasteiger partial charge in [0.1, 0.15) is 11.9 Å². The van der Waals surface area contributed by atoms with Crippen LogP contribution in [0, 0.1) is 5.92 Å². The molecule has 1 aromatic heterocycles. The van der Waals surface area contributed by atoms with Gasteiger partial charge in [-0.2, -0.15) is 0 Å². The van der Waals surface area contributed by atoms with E-state index in [1.54, 1.807) is 17.9 Å². The second-order valence-electron chi connectivity index (χ2n) is 3.51. The molecule has 0 spiro atoms. The number of amides is 1. The highest BCUT2D eigenvalue weighted by molar-refractivity contribution is 5.82. The summed E-state index contributed by atoms with van der Waals surface area (Å²) < 4.78 is 1.55. The van der Waals surface area contributed by atoms with E-state index in [1.165, 1.54) is 0 Å². The Morgan fingerprint density at radius 3 is 2.64 bits per heavy atom. The Morgan fingerprint density at radius 2 is 2.29 bits per heavy atom. The van der Waals surface area contributed by atoms with Crippen LogP contribution in [0.3, 0.4) is 0 Å². The minimum atomic E-state index is -0.396. The Morgan fingerprint density at radius 1 is 1.64 bits per heavy atom. The molecular formula is C8H15N5O. The van der Waals surface area contributed by atoms with Crippen LogP contribution in [-0.2, 0) is 11.8 Å². The van der Waals surface area contributed by atoms with Crippen LogP contribution in [0.2, 0.25) is 0 Å². The molecule has 0 radical (unpaired) electrons. The first-order chi connectivity index (χ1) is 6.52. The van der Waals surface area contributed by atoms with Gasteiger partial charge in [0.2, 0.25) is 5.91 Å². The van der Waals surface area contributed by atoms with Gasteiger partial charge in [-0.25, -0.2) is 4.68 Å². The molecule has 6 heteroatoms. The molecule has 0 saturated heterocycles. The normalized spacial score (nSPS) is 12.9. The van der Waals surface area contributed by atoms with Crippen molar-refractivity contribution in [3.63, 3.8) is 0 Å². The van der Waals surface area contributed by atoms with E-state index in [0.29, 0.717) is 5.82 Å². The van der Waals surface area contributed by atoms with E-state index in [0.717, 1.165) is 0 Å². The lowest BCUT2D eigenvalue weighted by Gasteiger charge is -2.19. The molecule has 1 atom stereocenters. The van der Waals surface area contributed by atoms with Crippen molar-refractivity contribution >= 4 is 11.7 Å². The molecule has 0 bridgehead atoms. The number of nitrogens with zero attached hydrogens (tertiary/aromatic N) is 3. The van der Waals surface area contributed by atoms with Crippen molar-refractivity contribution in [2.75, 3.05) is 5.32 Å². The maximum absolute atomic E-state index is 11.1. The van der Waals surface area contributed by atoms with Gasteiger partial charge < -0.3 is 11.1 Å². The standard InChI is InChI=1S/C8H15N5O/c1-5(2)7(8(9)14)11-6-4-10-12-13(6)3/h4-5,7,11H,1-3H3,(H2,9,14). The molecule has 6 nitrogen and oxygen atoms in total. The smallest absolute Gasteiger partial charge is 0.240 e. The number of rotatable bonds is 4. The average Bonchev–Trinajstić information content (AvgIpc) is 2.46. The van der Waals surface area contributed by atoms with Crippen molar-refractivity contribution in [2.24, 2.45) is 18.7 Å². The fraction of sp³-hybridized carbons (Fsp3) is 0.625. The highest BCUT2D eigenvalue weighted by Gasteiger charge is 2.20. The van der Waals surface area contributed by atoms with Crippen LogP contribution in [0.4, 0.5) is 5.82 Å². The maximum Gasteiger partial charge on any atom is 0.240 e. The van der Waals surface area contributed by atoms with Gasteiger partial charge in [-0.15, -0.1) is 5.10 Å². The van der Waals surface area contributed by atoms with Crippen LogP contribution < -0.4 is 11.1 Å². The lowest BCUT2D eigenvalue weighted by molar-refractivity contribution is -0.119. The van der Waals surface area contributed by atoms with Crippen molar-refractivity contribution in [3.8, 4) is 0 Å². The molecular weight excluding hydrogens is 182 g/mol. The van der Waals surface area contributed by atoms with Crippen molar-refractivity contribution in [2.45, 2.75) is 19.9 Å². The van der Waals surface area contributed by atoms with Crippen LogP contribution >= 0.6 is 0 Å². The summed E-state index contributed by atoms with van der Waals surface area (Å²) in [6.07, 6.45) is 1.55. The number of hydrogen-bond donors (Lipinski definition) is 2. The van der Waals surface area contributed by atoms with E-state index in [-0.39, 0.29) is 11.8 Å². The number of aromatic nitrogens is 3. The van der Waals surface area contributed by atoms with Gasteiger partial charge in [-0.3, -0.25) is 4.79 Å². The minimum Gasteiger partial charge on any atom is -0.368 e. The van der Waals surface area contributed by atoms with Crippen LogP contribution in [0.1, 0.15) is 13.8 Å². The highest BCUT2D eigenvalue weighted by Crippen LogP contribution is 2.09. The van der Waals surface area contributed by atoms with Crippen LogP contribution in [0.25, 0.3) is 0 Å². The molecule has 0 aliphatic heterocycles. The SMILES string of the molecule is CC(C)C(Nc1cnnn1C)C(N)=O. The summed E-state index contributed by atoms with van der Waals surface area (Å²) in [5.74, 6) is 0.436. The largest absolute Gasteiger partial charge is 0.368 e. The predicted molar refractivity (Wildman–Crippen MR) is 52.4 cm³/mol. The zero-order valence-electron chi connectivity index (χ0n) is 8.56. The fourth-order valence-electron chi connectivity index (χ4n) is 1.15. The van der Waals surface area contributed by atoms with E-state index in [9.17, 15) is 4.79 Å². The van der Waals surface area contributed by atoms with Crippen LogP contribution in [-0.4, -0.2) is 26.9 Å². The van der Waals surface area contributed by atoms with Gasteiger partial charge in [-0.05, 0) is 5.92 Å². The monoisotopic (exact) mass is 197 g/mol. The summed E-state index contributed by atoms with van der Waals surface area (Å²) in [6.45, 7) is 3.85. The fourth-order valence-corrected chi connectivity index (χ4v) is 1.15. The van der Waals surface area contributed by atoms with Gasteiger partial charge >= 0.3 is 0 Å². The molecule has 1 rings (SSSR count). The van der Waals surface area contributed by atoms with E-state index in [4.69, 9.17) is 5.73 Å². The third-order valence-electron chi connectivity index (χ3n) is 1.99. The van der Waals surface area contributed by atoms with Crippen LogP contribution in [0.5, 0.6) is 0 Å². The topological polar surface area (TPSA) is 85.8 Å². The number of carbonyl (C=O) groups excluding carboxylic acids is 1. The Kier molecular flexibility index (Phi) is 3.06. The molecule has 1 unspecified atom stereocenters. The molecule has 1 heterocycles. The maximum atomic E-state index is 11.1. The van der Waals surface area contributed by atoms with Crippen molar-refractivity contribution in [3.05, 3.63) is 6.20 Å². The van der Waals surface area contributed by atoms with E-state index >= 15 is 0 Å². The zero-order chi connectivity index (χ0) is 10.7. The van der Waals surface area contributed by atoms with Gasteiger partial charge in [0.15, 0.2) is 0 Å². The summed E-state index contributed by atoms with van der Waals surface area (Å²) in [5, 5.41) is 10.4. The number of primary amides is 1. The van der Waals surface area contributed by atoms with E-state index in [1.807, 2.05) is 13.8 Å². The van der Waals surface area contributed by atoms with Crippen LogP contribution in [0.15, 0.2) is 6.20 Å². The second kappa shape index (κ2) is 4.08. The third-order valence-corrected chi connectivity index (χ3v) is 1.99. The Bertz CT molecular complexity index is 319. The lowest BCUT2D eigenvalue weighted by Crippen LogP contribution is -2.40. The minimum absolute atomic E-state index is 0.127. The number of carbonyl (C=O) groups is 1. The number of anilines is 1. The first-order valence-electron chi connectivity index (χ1n) is 4.43. The number of nitrogens with one attached hydrogen (secondary N) is 1. The van der Waals surface area contributed by atoms with Gasteiger partial charge in [0.25, 0.3) is 0 Å². The molecule has 1 amide bonds. The zero-order valence-corrected chi connectivity index (χ0v) is 8.56. The summed E-state index contributed by atoms with van der Waals surface area (Å²) in [7, 11) is 1.74. The highest BCUT2D eigenvalue weighted by atomic mass is 16.1. The van der Waals surface area contributed by atoms with Gasteiger partial charge in [-0.1, -0.05) is 19.1 Å². The van der Waals surface area contributed by atoms with E-state index < -0.39 is 6.04 Å². The molecule has 0 fully saturated rings. The van der Waals surface area contributed by atoms with Crippen molar-refractivity contribution < 1.29 is 4.79 Å². The summed E-state index contributed by atoms with van der Waals surface area (Å²) in [6, 6.07) is -0.396. The number of aryl methyl sites for hydroxylation is 1. The molecule has 0 saturated carbocycles. The first kappa shape index (κ1) is 10.5. The second-order valence-corrected chi connectivity index (χ2v) is 3.51. The summed E-state index contributed by atoms with van der Waals surface area (Å²) >= 11 is 0. The molecule has 14 heavy (non-hydrogen) atoms. The lowest BCUT2D eigenvalue weighted by atomic mass is 10.0. The van der Waals surface area contributed by atoms with Gasteiger partial charge in [0, 0.05) is 7.05 Å². The van der Waals surface area contributed by atoms with Gasteiger partial charge in [0.05, 0.1) is 6.20 Å². The molecule has 0 aliphatic rings. The number of nitrogens with two attached hydrogens (primary N) is 1. The molecule has 3 N–H and O–H groups in total. The molecule has 1 aromatic rings. The molecule has 78 valence electrons. The van der Waals surface area contributed by atoms with Crippen molar-refractivity contribution in [1.82, 2.24) is 15.0 Å².